The minimum Gasteiger partial charge on any atom is -0.164 e. The van der Waals surface area contributed by atoms with Gasteiger partial charge in [0.15, 0.2) is 14.8 Å². The fraction of sp³-hybridized carbons (Fsp3) is 0.529. The van der Waals surface area contributed by atoms with Crippen LogP contribution < -0.4 is 0 Å². The van der Waals surface area contributed by atoms with E-state index in [1.165, 1.54) is 44.1 Å². The Kier molecular flexibility index (Phi) is 4.72. The van der Waals surface area contributed by atoms with Gasteiger partial charge >= 0.3 is 0 Å². The molecule has 0 aromatic heterocycles. The third kappa shape index (κ3) is 3.07. The number of benzene rings is 1. The molecule has 20 heavy (non-hydrogen) atoms. The first-order valence-corrected chi connectivity index (χ1v) is 11.0. The molecule has 0 atom stereocenters. The molecule has 1 aromatic rings. The third-order valence-corrected chi connectivity index (χ3v) is 7.12. The van der Waals surface area contributed by atoms with Crippen LogP contribution in [-0.2, 0) is 0 Å². The highest BCUT2D eigenvalue weighted by atomic mass is 35.6. The summed E-state index contributed by atoms with van der Waals surface area (Å²) in [5, 5.41) is 1.59. The lowest BCUT2D eigenvalue weighted by molar-refractivity contribution is 0.447. The van der Waals surface area contributed by atoms with Crippen LogP contribution in [0.15, 0.2) is 35.4 Å². The minimum absolute atomic E-state index is 0.786. The first kappa shape index (κ1) is 14.5. The van der Waals surface area contributed by atoms with Gasteiger partial charge in [0.25, 0.3) is 0 Å². The first-order chi connectivity index (χ1) is 9.75. The van der Waals surface area contributed by atoms with Gasteiger partial charge in [-0.25, -0.2) is 0 Å². The van der Waals surface area contributed by atoms with Crippen LogP contribution in [0, 0.1) is 0 Å². The van der Waals surface area contributed by atoms with E-state index in [9.17, 15) is 0 Å². The molecule has 105 valence electrons. The molecule has 2 bridgehead atoms. The lowest BCUT2D eigenvalue weighted by Gasteiger charge is -2.42. The van der Waals surface area contributed by atoms with Crippen LogP contribution in [0.1, 0.15) is 44.1 Å². The molecule has 1 aromatic carbocycles. The standard InChI is InChI=1S/C17H23BClSi/c1-20(19)17(13-14-7-3-2-4-8-14)18-15-9-5-10-16(18)12-6-11-15/h2-4,7-8,13,15-16H,5-6,9-12H2,1H3/b17-13-. The second-order valence-corrected chi connectivity index (χ2v) is 9.80. The van der Waals surface area contributed by atoms with E-state index in [-0.39, 0.29) is 0 Å². The van der Waals surface area contributed by atoms with E-state index < -0.39 is 8.11 Å². The molecule has 3 rings (SSSR count). The Morgan fingerprint density at radius 1 is 1.10 bits per heavy atom. The van der Waals surface area contributed by atoms with E-state index in [0.29, 0.717) is 0 Å². The lowest BCUT2D eigenvalue weighted by Crippen LogP contribution is -2.39. The zero-order chi connectivity index (χ0) is 13.9. The van der Waals surface area contributed by atoms with E-state index >= 15 is 0 Å². The van der Waals surface area contributed by atoms with Gasteiger partial charge in [-0.3, -0.25) is 0 Å². The van der Waals surface area contributed by atoms with Crippen molar-refractivity contribution in [1.82, 2.24) is 0 Å². The molecule has 0 N–H and O–H groups in total. The Morgan fingerprint density at radius 3 is 2.15 bits per heavy atom. The average Bonchev–Trinajstić information content (AvgIpc) is 2.45. The molecular formula is C17H23BClSi. The van der Waals surface area contributed by atoms with Gasteiger partial charge in [-0.1, -0.05) is 98.2 Å². The van der Waals surface area contributed by atoms with Gasteiger partial charge in [-0.15, -0.1) is 0 Å². The summed E-state index contributed by atoms with van der Waals surface area (Å²) in [6.45, 7) is 3.04. The smallest absolute Gasteiger partial charge is 0.164 e. The molecule has 2 heterocycles. The predicted molar refractivity (Wildman–Crippen MR) is 92.8 cm³/mol. The normalized spacial score (nSPS) is 26.9. The van der Waals surface area contributed by atoms with Gasteiger partial charge in [0.2, 0.25) is 0 Å². The summed E-state index contributed by atoms with van der Waals surface area (Å²) >= 11 is 6.67. The SMILES string of the molecule is C[Si](Cl)/C(=C\c1ccccc1)B1C2CCCC1CCC2. The van der Waals surface area contributed by atoms with E-state index in [1.807, 2.05) is 0 Å². The Balaban J connectivity index is 1.92. The predicted octanol–water partition coefficient (Wildman–Crippen LogP) is 5.61. The van der Waals surface area contributed by atoms with E-state index in [4.69, 9.17) is 11.1 Å². The lowest BCUT2D eigenvalue weighted by atomic mass is 9.27. The summed E-state index contributed by atoms with van der Waals surface area (Å²) in [6, 6.07) is 10.8. The molecular weight excluding hydrogens is 279 g/mol. The Bertz CT molecular complexity index is 449. The molecule has 0 nitrogen and oxygen atoms in total. The topological polar surface area (TPSA) is 0 Å². The molecule has 1 radical (unpaired) electrons. The van der Waals surface area contributed by atoms with Gasteiger partial charge in [0, 0.05) is 0 Å². The van der Waals surface area contributed by atoms with E-state index in [0.717, 1.165) is 18.3 Å². The highest BCUT2D eigenvalue weighted by Gasteiger charge is 2.42. The molecule has 0 saturated carbocycles. The zero-order valence-electron chi connectivity index (χ0n) is 12.3. The van der Waals surface area contributed by atoms with Crippen LogP contribution in [0.4, 0.5) is 0 Å². The quantitative estimate of drug-likeness (QED) is 0.503. The fourth-order valence-electron chi connectivity index (χ4n) is 4.34. The Labute approximate surface area is 130 Å². The summed E-state index contributed by atoms with van der Waals surface area (Å²) in [5.41, 5.74) is 1.33. The van der Waals surface area contributed by atoms with Crippen LogP contribution in [0.25, 0.3) is 6.08 Å². The molecule has 0 unspecified atom stereocenters. The average molecular weight is 302 g/mol. The fourth-order valence-corrected chi connectivity index (χ4v) is 6.18. The number of fused-ring (bicyclic) bond motifs is 2. The van der Waals surface area contributed by atoms with Crippen LogP contribution in [0.2, 0.25) is 18.2 Å². The van der Waals surface area contributed by atoms with Crippen molar-refractivity contribution in [3.63, 3.8) is 0 Å². The maximum atomic E-state index is 6.67. The van der Waals surface area contributed by atoms with Gasteiger partial charge in [0.05, 0.1) is 0 Å². The number of halogens is 1. The van der Waals surface area contributed by atoms with Crippen molar-refractivity contribution < 1.29 is 0 Å². The van der Waals surface area contributed by atoms with Crippen LogP contribution in [0.5, 0.6) is 0 Å². The van der Waals surface area contributed by atoms with Crippen molar-refractivity contribution in [1.29, 1.82) is 0 Å². The molecule has 0 spiro atoms. The van der Waals surface area contributed by atoms with Crippen LogP contribution in [-0.4, -0.2) is 14.8 Å². The Morgan fingerprint density at radius 2 is 1.65 bits per heavy atom. The summed E-state index contributed by atoms with van der Waals surface area (Å²) in [6.07, 6.45) is 11.0. The van der Waals surface area contributed by atoms with Gasteiger partial charge in [-0.05, 0) is 5.56 Å². The van der Waals surface area contributed by atoms with E-state index in [2.05, 4.69) is 43.0 Å². The second-order valence-electron chi connectivity index (χ2n) is 6.45. The molecule has 2 aliphatic rings. The maximum Gasteiger partial charge on any atom is 0.183 e. The van der Waals surface area contributed by atoms with Crippen LogP contribution in [0.3, 0.4) is 0 Å². The summed E-state index contributed by atoms with van der Waals surface area (Å²) < 4.78 is 0. The molecule has 2 aliphatic heterocycles. The molecule has 3 heteroatoms. The largest absolute Gasteiger partial charge is 0.183 e. The maximum absolute atomic E-state index is 6.67. The van der Waals surface area contributed by atoms with Crippen molar-refractivity contribution in [3.05, 3.63) is 41.0 Å². The van der Waals surface area contributed by atoms with E-state index in [1.54, 1.807) is 5.10 Å². The first-order valence-electron chi connectivity index (χ1n) is 8.02. The number of hydrogen-bond acceptors (Lipinski definition) is 0. The molecule has 2 saturated heterocycles. The number of rotatable bonds is 3. The molecule has 0 amide bonds. The van der Waals surface area contributed by atoms with Gasteiger partial charge in [-0.2, -0.15) is 11.1 Å². The molecule has 0 aliphatic carbocycles. The monoisotopic (exact) mass is 301 g/mol. The molecule has 2 fully saturated rings. The van der Waals surface area contributed by atoms with Gasteiger partial charge in [0.1, 0.15) is 0 Å². The Hall–Kier alpha value is -0.468. The highest BCUT2D eigenvalue weighted by molar-refractivity contribution is 7.17. The minimum atomic E-state index is -0.877. The van der Waals surface area contributed by atoms with Crippen molar-refractivity contribution in [2.24, 2.45) is 0 Å². The zero-order valence-corrected chi connectivity index (χ0v) is 14.1. The van der Waals surface area contributed by atoms with Crippen LogP contribution >= 0.6 is 11.1 Å². The summed E-state index contributed by atoms with van der Waals surface area (Å²) in [5.74, 6) is 1.83. The highest BCUT2D eigenvalue weighted by Crippen LogP contribution is 2.49. The van der Waals surface area contributed by atoms with Crippen molar-refractivity contribution in [2.45, 2.75) is 56.7 Å². The summed E-state index contributed by atoms with van der Waals surface area (Å²) in [7, 11) is -0.877. The third-order valence-electron chi connectivity index (χ3n) is 5.19. The van der Waals surface area contributed by atoms with Crippen molar-refractivity contribution >= 4 is 32.0 Å². The summed E-state index contributed by atoms with van der Waals surface area (Å²) in [4.78, 5) is 0. The van der Waals surface area contributed by atoms with Crippen molar-refractivity contribution in [3.8, 4) is 0 Å². The van der Waals surface area contributed by atoms with Crippen molar-refractivity contribution in [2.75, 3.05) is 0 Å². The second kappa shape index (κ2) is 6.53. The van der Waals surface area contributed by atoms with Gasteiger partial charge < -0.3 is 0 Å². The number of hydrogen-bond donors (Lipinski definition) is 0.